The van der Waals surface area contributed by atoms with Gasteiger partial charge < -0.3 is 16.4 Å². The van der Waals surface area contributed by atoms with Gasteiger partial charge in [0.15, 0.2) is 5.13 Å². The van der Waals surface area contributed by atoms with Crippen molar-refractivity contribution in [3.63, 3.8) is 0 Å². The molecule has 0 aromatic carbocycles. The van der Waals surface area contributed by atoms with Crippen molar-refractivity contribution in [1.82, 2.24) is 10.3 Å². The third-order valence-electron chi connectivity index (χ3n) is 2.24. The van der Waals surface area contributed by atoms with Crippen molar-refractivity contribution in [2.75, 3.05) is 11.1 Å². The van der Waals surface area contributed by atoms with Crippen molar-refractivity contribution in [3.8, 4) is 0 Å². The molecule has 0 saturated carbocycles. The number of aromatic nitrogens is 1. The van der Waals surface area contributed by atoms with E-state index < -0.39 is 0 Å². The Labute approximate surface area is 118 Å². The van der Waals surface area contributed by atoms with Crippen molar-refractivity contribution in [2.24, 2.45) is 0 Å². The number of thiazole rings is 1. The number of nitrogens with two attached hydrogens (primary N) is 1. The monoisotopic (exact) mass is 282 g/mol. The molecule has 1 rings (SSSR count). The van der Waals surface area contributed by atoms with Gasteiger partial charge in [0.2, 0.25) is 0 Å². The van der Waals surface area contributed by atoms with Crippen LogP contribution in [0.25, 0.3) is 0 Å². The molecule has 0 aliphatic rings. The zero-order valence-corrected chi connectivity index (χ0v) is 12.7. The average molecular weight is 282 g/mol. The van der Waals surface area contributed by atoms with E-state index in [1.165, 1.54) is 11.3 Å². The van der Waals surface area contributed by atoms with Gasteiger partial charge >= 0.3 is 0 Å². The molecule has 0 aliphatic carbocycles. The fraction of sp³-hybridized carbons (Fsp3) is 0.538. The normalized spacial score (nSPS) is 12.8. The minimum absolute atomic E-state index is 0.0329. The highest BCUT2D eigenvalue weighted by molar-refractivity contribution is 7.18. The number of nitrogen functional groups attached to an aromatic ring is 1. The number of rotatable bonds is 5. The number of hydrogen-bond donors (Lipinski definition) is 3. The van der Waals surface area contributed by atoms with Gasteiger partial charge in [0.1, 0.15) is 10.7 Å². The van der Waals surface area contributed by atoms with Gasteiger partial charge in [-0.25, -0.2) is 4.98 Å². The SMILES string of the molecule is C=CCC(C)NC(=O)c1sc(NC(C)(C)C)nc1N. The number of carbonyl (C=O) groups is 1. The van der Waals surface area contributed by atoms with E-state index in [9.17, 15) is 4.79 Å². The Kier molecular flexibility index (Phi) is 4.94. The predicted molar refractivity (Wildman–Crippen MR) is 81.6 cm³/mol. The van der Waals surface area contributed by atoms with Crippen molar-refractivity contribution in [3.05, 3.63) is 17.5 Å². The molecule has 1 atom stereocenters. The highest BCUT2D eigenvalue weighted by Crippen LogP contribution is 2.27. The lowest BCUT2D eigenvalue weighted by atomic mass is 10.1. The maximum absolute atomic E-state index is 12.0. The summed E-state index contributed by atoms with van der Waals surface area (Å²) < 4.78 is 0. The molecule has 1 heterocycles. The van der Waals surface area contributed by atoms with Crippen LogP contribution in [0.3, 0.4) is 0 Å². The first kappa shape index (κ1) is 15.5. The highest BCUT2D eigenvalue weighted by Gasteiger charge is 2.19. The Morgan fingerprint density at radius 1 is 1.58 bits per heavy atom. The lowest BCUT2D eigenvalue weighted by molar-refractivity contribution is 0.0945. The van der Waals surface area contributed by atoms with E-state index in [2.05, 4.69) is 22.2 Å². The van der Waals surface area contributed by atoms with Gasteiger partial charge in [-0.3, -0.25) is 4.79 Å². The lowest BCUT2D eigenvalue weighted by Gasteiger charge is -2.19. The molecule has 19 heavy (non-hydrogen) atoms. The molecule has 0 radical (unpaired) electrons. The van der Waals surface area contributed by atoms with E-state index in [-0.39, 0.29) is 23.3 Å². The topological polar surface area (TPSA) is 80.0 Å². The Balaban J connectivity index is 2.78. The molecule has 0 bridgehead atoms. The molecule has 106 valence electrons. The Morgan fingerprint density at radius 3 is 2.74 bits per heavy atom. The summed E-state index contributed by atoms with van der Waals surface area (Å²) in [4.78, 5) is 16.7. The second-order valence-electron chi connectivity index (χ2n) is 5.51. The molecule has 0 saturated heterocycles. The van der Waals surface area contributed by atoms with E-state index >= 15 is 0 Å². The third kappa shape index (κ3) is 4.90. The molecule has 1 unspecified atom stereocenters. The van der Waals surface area contributed by atoms with E-state index in [4.69, 9.17) is 5.73 Å². The van der Waals surface area contributed by atoms with Crippen molar-refractivity contribution >= 4 is 28.2 Å². The van der Waals surface area contributed by atoms with Gasteiger partial charge in [0.05, 0.1) is 0 Å². The maximum atomic E-state index is 12.0. The van der Waals surface area contributed by atoms with Gasteiger partial charge in [0.25, 0.3) is 5.91 Å². The molecule has 1 aromatic rings. The second kappa shape index (κ2) is 6.06. The number of nitrogens with one attached hydrogen (secondary N) is 2. The van der Waals surface area contributed by atoms with E-state index in [1.54, 1.807) is 6.08 Å². The summed E-state index contributed by atoms with van der Waals surface area (Å²) in [5.74, 6) is 0.0753. The number of nitrogens with zero attached hydrogens (tertiary/aromatic N) is 1. The number of anilines is 2. The number of hydrogen-bond acceptors (Lipinski definition) is 5. The van der Waals surface area contributed by atoms with Gasteiger partial charge in [-0.05, 0) is 34.1 Å². The standard InChI is InChI=1S/C13H22N4OS/c1-6-7-8(2)15-11(18)9-10(14)16-12(19-9)17-13(3,4)5/h6,8H,1,7,14H2,2-5H3,(H,15,18)(H,16,17). The van der Waals surface area contributed by atoms with Gasteiger partial charge in [-0.15, -0.1) is 6.58 Å². The molecule has 4 N–H and O–H groups in total. The minimum Gasteiger partial charge on any atom is -0.382 e. The predicted octanol–water partition coefficient (Wildman–Crippen LogP) is 2.63. The van der Waals surface area contributed by atoms with Crippen LogP contribution < -0.4 is 16.4 Å². The molecular formula is C13H22N4OS. The molecule has 6 heteroatoms. The van der Waals surface area contributed by atoms with Crippen LogP contribution in [0, 0.1) is 0 Å². The maximum Gasteiger partial charge on any atom is 0.265 e. The Hall–Kier alpha value is -1.56. The first-order chi connectivity index (χ1) is 8.73. The smallest absolute Gasteiger partial charge is 0.265 e. The van der Waals surface area contributed by atoms with Crippen molar-refractivity contribution < 1.29 is 4.79 Å². The molecule has 0 fully saturated rings. The minimum atomic E-state index is -0.189. The molecule has 5 nitrogen and oxygen atoms in total. The van der Waals surface area contributed by atoms with Crippen molar-refractivity contribution in [2.45, 2.75) is 45.7 Å². The fourth-order valence-electron chi connectivity index (χ4n) is 1.47. The van der Waals surface area contributed by atoms with Crippen LogP contribution in [0.1, 0.15) is 43.8 Å². The lowest BCUT2D eigenvalue weighted by Crippen LogP contribution is -2.32. The number of amides is 1. The van der Waals surface area contributed by atoms with Crippen LogP contribution in [0.5, 0.6) is 0 Å². The molecule has 1 aromatic heterocycles. The van der Waals surface area contributed by atoms with E-state index in [1.807, 2.05) is 27.7 Å². The zero-order chi connectivity index (χ0) is 14.6. The Bertz CT molecular complexity index is 462. The van der Waals surface area contributed by atoms with Crippen molar-refractivity contribution in [1.29, 1.82) is 0 Å². The van der Waals surface area contributed by atoms with Crippen LogP contribution in [-0.2, 0) is 0 Å². The molecule has 1 amide bonds. The quantitative estimate of drug-likeness (QED) is 0.725. The van der Waals surface area contributed by atoms with Crippen LogP contribution in [0.15, 0.2) is 12.7 Å². The summed E-state index contributed by atoms with van der Waals surface area (Å²) >= 11 is 1.27. The first-order valence-electron chi connectivity index (χ1n) is 6.19. The van der Waals surface area contributed by atoms with Crippen LogP contribution in [0.2, 0.25) is 0 Å². The highest BCUT2D eigenvalue weighted by atomic mass is 32.1. The van der Waals surface area contributed by atoms with Gasteiger partial charge in [0, 0.05) is 11.6 Å². The first-order valence-corrected chi connectivity index (χ1v) is 7.01. The second-order valence-corrected chi connectivity index (χ2v) is 6.51. The summed E-state index contributed by atoms with van der Waals surface area (Å²) in [6, 6.07) is 0.0329. The summed E-state index contributed by atoms with van der Waals surface area (Å²) in [6.07, 6.45) is 2.49. The van der Waals surface area contributed by atoms with Crippen LogP contribution >= 0.6 is 11.3 Å². The third-order valence-corrected chi connectivity index (χ3v) is 3.22. The zero-order valence-electron chi connectivity index (χ0n) is 11.9. The largest absolute Gasteiger partial charge is 0.382 e. The summed E-state index contributed by atoms with van der Waals surface area (Å²) in [6.45, 7) is 11.6. The molecular weight excluding hydrogens is 260 g/mol. The summed E-state index contributed by atoms with van der Waals surface area (Å²) in [7, 11) is 0. The average Bonchev–Trinajstić information content (AvgIpc) is 2.56. The molecule has 0 aliphatic heterocycles. The molecule has 0 spiro atoms. The van der Waals surface area contributed by atoms with Crippen LogP contribution in [0.4, 0.5) is 10.9 Å². The fourth-order valence-corrected chi connectivity index (χ4v) is 2.46. The van der Waals surface area contributed by atoms with Gasteiger partial charge in [-0.1, -0.05) is 17.4 Å². The van der Waals surface area contributed by atoms with E-state index in [0.717, 1.165) is 6.42 Å². The summed E-state index contributed by atoms with van der Waals surface area (Å²) in [5, 5.41) is 6.73. The van der Waals surface area contributed by atoms with Crippen LogP contribution in [-0.4, -0.2) is 22.5 Å². The van der Waals surface area contributed by atoms with E-state index in [0.29, 0.717) is 10.0 Å². The Morgan fingerprint density at radius 2 is 2.21 bits per heavy atom. The van der Waals surface area contributed by atoms with Gasteiger partial charge in [-0.2, -0.15) is 0 Å². The number of carbonyl (C=O) groups excluding carboxylic acids is 1. The summed E-state index contributed by atoms with van der Waals surface area (Å²) in [5.41, 5.74) is 5.67.